The number of fused-ring (bicyclic) bond motifs is 2. The Labute approximate surface area is 658 Å². The predicted molar refractivity (Wildman–Crippen MR) is 333 cm³/mol. The number of aromatic amines is 2. The van der Waals surface area contributed by atoms with Crippen LogP contribution in [-0.2, 0) is 40.5 Å². The zero-order chi connectivity index (χ0) is 75.8. The molecule has 0 aliphatic rings. The maximum Gasteiger partial charge on any atom is 1.00 e. The third kappa shape index (κ3) is 19.9. The summed E-state index contributed by atoms with van der Waals surface area (Å²) < 4.78 is 289. The minimum atomic E-state index is -7.67. The Kier molecular flexibility index (Phi) is 31.4. The van der Waals surface area contributed by atoms with Crippen molar-refractivity contribution in [3.8, 4) is 56.6 Å². The van der Waals surface area contributed by atoms with Gasteiger partial charge in [0.25, 0.3) is 17.6 Å². The second-order valence-electron chi connectivity index (χ2n) is 22.7. The first-order valence-corrected chi connectivity index (χ1v) is 30.0. The number of nitrogens with zero attached hydrogens (tertiary/aromatic N) is 2. The molecule has 1 atom stereocenters. The standard InChI is InChI=1S/C30H25F9N2O5S.C25H24N2O4.C4F10O2S.CH2O3.2CH4.2K.H/c1-26(2,3)22-15-19(41-11-10-23(42)40-25(41)43)14-21(24(22)45-4)18-7-6-17-13-20(9-8-16(17)12-18)46-47(5,44)30(38,39)28(33,34)27(31,32)29(35,36)37;1-25(2,3)21-14-18(27-10-9-22(29)26-24(27)30)13-20(23(21)31-4)17-6-5-16-12-19(28)8-7-15(16)11-17;5-1(6,3(9,10)11)2(7,8)4(12,13)17(14,15)16;2-1-4-3;;;;;/h6-15H,5H2,1-4H3,(H,40,42,43);5-14,28H,1-4H3,(H,26,29,30);;1,3H;2*1H4;;;/q;;;;;;2*+1;-1/p-1. The van der Waals surface area contributed by atoms with Crippen LogP contribution in [0, 0.1) is 0 Å². The molecule has 0 radical (unpaired) electrons. The molecular formula is C62H59F19K2N4O14S2. The Hall–Kier alpha value is -6.26. The Morgan fingerprint density at radius 3 is 1.16 bits per heavy atom. The van der Waals surface area contributed by atoms with E-state index in [1.54, 1.807) is 37.4 Å². The van der Waals surface area contributed by atoms with Crippen LogP contribution in [0.5, 0.6) is 23.0 Å². The molecule has 0 aliphatic carbocycles. The first-order chi connectivity index (χ1) is 44.9. The SMILES string of the molecule is C.C.C=S(=O)(Oc1ccc2cc(-c3cc(-n4ccc(=O)[nH]c4=O)cc(C(C)(C)C)c3OC)ccc2c1)C(F)(F)C(F)(F)C(F)(F)C(F)(F)F.COc1c(-c2ccc3cc(O)ccc3c2)cc(-n2ccc(=O)[nH]c2=O)cc1C(C)(C)C.O=CO[O-].O=S(=O)(F)C(F)(F)C(F)(F)C(F)(F)C(F)(F)F.[H-].[K+].[K+]. The molecule has 41 heteroatoms. The van der Waals surface area contributed by atoms with Gasteiger partial charge in [0.05, 0.1) is 25.6 Å². The van der Waals surface area contributed by atoms with Crippen molar-refractivity contribution < 1.29 is 233 Å². The number of methoxy groups -OCH3 is 2. The number of carbonyl (C=O) groups is 1. The van der Waals surface area contributed by atoms with Gasteiger partial charge in [-0.3, -0.25) is 33.5 Å². The zero-order valence-electron chi connectivity index (χ0n) is 54.5. The third-order valence-electron chi connectivity index (χ3n) is 13.8. The van der Waals surface area contributed by atoms with E-state index < -0.39 is 100 Å². The molecule has 6 aromatic carbocycles. The second kappa shape index (κ2) is 34.1. The number of ether oxygens (including phenoxy) is 2. The first-order valence-electron chi connectivity index (χ1n) is 26.9. The van der Waals surface area contributed by atoms with Crippen LogP contribution in [-0.4, -0.2) is 110 Å². The van der Waals surface area contributed by atoms with Gasteiger partial charge in [-0.05, 0) is 110 Å². The van der Waals surface area contributed by atoms with E-state index in [1.165, 1.54) is 52.9 Å². The summed E-state index contributed by atoms with van der Waals surface area (Å²) in [5.41, 5.74) is 2.21. The Balaban J connectivity index is 0.00000160. The van der Waals surface area contributed by atoms with Crippen molar-refractivity contribution in [1.29, 1.82) is 0 Å². The van der Waals surface area contributed by atoms with E-state index in [0.29, 0.717) is 39.2 Å². The summed E-state index contributed by atoms with van der Waals surface area (Å²) in [5, 5.41) is 6.78. The van der Waals surface area contributed by atoms with Crippen LogP contribution in [0.1, 0.15) is 68.9 Å². The fourth-order valence-corrected chi connectivity index (χ4v) is 10.3. The van der Waals surface area contributed by atoms with Crippen molar-refractivity contribution in [3.63, 3.8) is 0 Å². The van der Waals surface area contributed by atoms with Gasteiger partial charge in [-0.2, -0.15) is 87.4 Å². The molecule has 0 bridgehead atoms. The smallest absolute Gasteiger partial charge is 1.00 e. The summed E-state index contributed by atoms with van der Waals surface area (Å²) in [5.74, 6) is -26.6. The minimum Gasteiger partial charge on any atom is -1.00 e. The van der Waals surface area contributed by atoms with Gasteiger partial charge in [0, 0.05) is 46.8 Å². The largest absolute Gasteiger partial charge is 1.00 e. The van der Waals surface area contributed by atoms with Crippen molar-refractivity contribution in [2.45, 2.75) is 114 Å². The topological polar surface area (TPSA) is 258 Å². The van der Waals surface area contributed by atoms with Crippen LogP contribution >= 0.6 is 0 Å². The molecule has 0 saturated heterocycles. The molecule has 0 saturated carbocycles. The molecule has 2 aromatic heterocycles. The molecule has 103 heavy (non-hydrogen) atoms. The average molecular weight is 1590 g/mol. The number of carbonyl (C=O) groups excluding carboxylic acids is 1. The number of hydrogen-bond donors (Lipinski definition) is 3. The van der Waals surface area contributed by atoms with Crippen LogP contribution in [0.2, 0.25) is 0 Å². The van der Waals surface area contributed by atoms with Crippen LogP contribution in [0.4, 0.5) is 82.9 Å². The summed E-state index contributed by atoms with van der Waals surface area (Å²) in [7, 11) is -10.7. The number of nitrogens with one attached hydrogen (secondary N) is 2. The number of rotatable bonds is 15. The number of H-pyrrole nitrogens is 2. The number of benzene rings is 6. The summed E-state index contributed by atoms with van der Waals surface area (Å²) in [6, 6.07) is 28.2. The Morgan fingerprint density at radius 1 is 0.505 bits per heavy atom. The van der Waals surface area contributed by atoms with Crippen molar-refractivity contribution in [2.75, 3.05) is 14.2 Å². The molecule has 2 heterocycles. The van der Waals surface area contributed by atoms with Gasteiger partial charge in [-0.15, -0.1) is 0 Å². The number of hydrogen-bond acceptors (Lipinski definition) is 14. The zero-order valence-corrected chi connectivity index (χ0v) is 61.4. The average Bonchev–Trinajstić information content (AvgIpc) is 0.730. The number of alkyl halides is 18. The van der Waals surface area contributed by atoms with Gasteiger partial charge < -0.3 is 30.3 Å². The van der Waals surface area contributed by atoms with Crippen LogP contribution in [0.25, 0.3) is 55.2 Å². The molecule has 8 rings (SSSR count). The first kappa shape index (κ1) is 94.8. The van der Waals surface area contributed by atoms with E-state index in [0.717, 1.165) is 51.4 Å². The van der Waals surface area contributed by atoms with Gasteiger partial charge in [-0.25, -0.2) is 13.8 Å². The van der Waals surface area contributed by atoms with Crippen LogP contribution in [0.3, 0.4) is 0 Å². The monoisotopic (exact) mass is 1590 g/mol. The van der Waals surface area contributed by atoms with Crippen molar-refractivity contribution in [1.82, 2.24) is 19.1 Å². The van der Waals surface area contributed by atoms with E-state index in [9.17, 15) is 120 Å². The van der Waals surface area contributed by atoms with E-state index >= 15 is 0 Å². The van der Waals surface area contributed by atoms with Crippen LogP contribution < -0.4 is 144 Å². The summed E-state index contributed by atoms with van der Waals surface area (Å²) in [4.78, 5) is 63.9. The number of phenolic OH excluding ortho intramolecular Hbond substituents is 1. The fourth-order valence-electron chi connectivity index (χ4n) is 8.85. The molecule has 1 unspecified atom stereocenters. The minimum absolute atomic E-state index is 0. The molecule has 0 amide bonds. The van der Waals surface area contributed by atoms with Crippen molar-refractivity contribution in [2.24, 2.45) is 0 Å². The van der Waals surface area contributed by atoms with Gasteiger partial charge in [0.15, 0.2) is 9.80 Å². The normalized spacial score (nSPS) is 13.0. The van der Waals surface area contributed by atoms with Crippen LogP contribution in [0.15, 0.2) is 141 Å². The van der Waals surface area contributed by atoms with Crippen molar-refractivity contribution in [3.05, 3.63) is 174 Å². The summed E-state index contributed by atoms with van der Waals surface area (Å²) in [6.07, 6.45) is -11.5. The van der Waals surface area contributed by atoms with Gasteiger partial charge in [0.1, 0.15) is 23.0 Å². The molecule has 0 aliphatic heterocycles. The number of phenols is 1. The van der Waals surface area contributed by atoms with Crippen molar-refractivity contribution >= 4 is 53.9 Å². The molecule has 0 spiro atoms. The van der Waals surface area contributed by atoms with E-state index in [-0.39, 0.29) is 142 Å². The van der Waals surface area contributed by atoms with E-state index in [2.05, 4.69) is 45.7 Å². The Morgan fingerprint density at radius 2 is 0.835 bits per heavy atom. The fraction of sp³-hybridized carbons (Fsp3) is 0.323. The summed E-state index contributed by atoms with van der Waals surface area (Å²) >= 11 is 0. The van der Waals surface area contributed by atoms with Gasteiger partial charge >= 0.3 is 171 Å². The van der Waals surface area contributed by atoms with Gasteiger partial charge in [0.2, 0.25) is 0 Å². The quantitative estimate of drug-likeness (QED) is 0.0167. The number of halogens is 19. The maximum atomic E-state index is 14.4. The third-order valence-corrected chi connectivity index (χ3v) is 16.2. The summed E-state index contributed by atoms with van der Waals surface area (Å²) in [6.45, 7) is 11.7. The second-order valence-corrected chi connectivity index (χ2v) is 26.0. The maximum absolute atomic E-state index is 14.4. The molecular weight excluding hydrogens is 1530 g/mol. The number of aromatic hydroxyl groups is 1. The molecule has 8 aromatic rings. The Bertz CT molecular complexity index is 4850. The molecule has 18 nitrogen and oxygen atoms in total. The number of aromatic nitrogens is 4. The van der Waals surface area contributed by atoms with Gasteiger partial charge in [-0.1, -0.05) is 96.7 Å². The predicted octanol–water partition coefficient (Wildman–Crippen LogP) is 7.98. The molecule has 558 valence electrons. The molecule has 0 fully saturated rings. The molecule has 3 N–H and O–H groups in total. The van der Waals surface area contributed by atoms with E-state index in [4.69, 9.17) is 19.5 Å². The van der Waals surface area contributed by atoms with E-state index in [1.807, 2.05) is 57.2 Å².